The van der Waals surface area contributed by atoms with Gasteiger partial charge in [0.15, 0.2) is 0 Å². The number of nitrogens with zero attached hydrogens (tertiary/aromatic N) is 4. The van der Waals surface area contributed by atoms with E-state index in [9.17, 15) is 14.0 Å². The van der Waals surface area contributed by atoms with Gasteiger partial charge in [0, 0.05) is 37.9 Å². The summed E-state index contributed by atoms with van der Waals surface area (Å²) in [7, 11) is 0. The molecule has 5 rings (SSSR count). The molecule has 2 aliphatic heterocycles. The molecular weight excluding hydrogens is 419 g/mol. The number of rotatable bonds is 5. The van der Waals surface area contributed by atoms with Crippen molar-refractivity contribution in [3.8, 4) is 0 Å². The van der Waals surface area contributed by atoms with E-state index in [1.165, 1.54) is 6.07 Å². The third-order valence-electron chi connectivity index (χ3n) is 6.06. The molecule has 0 spiro atoms. The van der Waals surface area contributed by atoms with E-state index in [-0.39, 0.29) is 12.5 Å². The standard InChI is InChI=1S/C26H23FN4O2/c27-21-11-5-4-10-20(21)18-31-25(32)23(19-8-2-1-3-9-19)24(26(31)33)30-16-14-29(15-17-30)22-12-6-7-13-28-22/h1-13H,14-18H2. The lowest BCUT2D eigenvalue weighted by molar-refractivity contribution is -0.138. The van der Waals surface area contributed by atoms with Crippen LogP contribution in [0, 0.1) is 5.82 Å². The Hall–Kier alpha value is -4.00. The fourth-order valence-electron chi connectivity index (χ4n) is 4.36. The molecule has 1 saturated heterocycles. The van der Waals surface area contributed by atoms with Gasteiger partial charge in [0.05, 0.1) is 12.1 Å². The van der Waals surface area contributed by atoms with Gasteiger partial charge >= 0.3 is 0 Å². The monoisotopic (exact) mass is 442 g/mol. The number of benzene rings is 2. The van der Waals surface area contributed by atoms with Crippen LogP contribution in [0.5, 0.6) is 0 Å². The molecule has 33 heavy (non-hydrogen) atoms. The van der Waals surface area contributed by atoms with Gasteiger partial charge in [0.25, 0.3) is 11.8 Å². The number of imide groups is 1. The van der Waals surface area contributed by atoms with E-state index in [1.807, 2.05) is 53.4 Å². The van der Waals surface area contributed by atoms with Gasteiger partial charge in [-0.05, 0) is 23.8 Å². The topological polar surface area (TPSA) is 56.8 Å². The van der Waals surface area contributed by atoms with E-state index >= 15 is 0 Å². The molecule has 0 saturated carbocycles. The number of piperazine rings is 1. The molecule has 7 heteroatoms. The minimum atomic E-state index is -0.434. The quantitative estimate of drug-likeness (QED) is 0.568. The Kier molecular flexibility index (Phi) is 5.60. The van der Waals surface area contributed by atoms with Crippen molar-refractivity contribution in [1.29, 1.82) is 0 Å². The van der Waals surface area contributed by atoms with Gasteiger partial charge in [-0.15, -0.1) is 0 Å². The molecule has 2 amide bonds. The number of carbonyl (C=O) groups excluding carboxylic acids is 2. The lowest BCUT2D eigenvalue weighted by Gasteiger charge is -2.37. The number of halogens is 1. The third-order valence-corrected chi connectivity index (χ3v) is 6.06. The van der Waals surface area contributed by atoms with Gasteiger partial charge < -0.3 is 9.80 Å². The van der Waals surface area contributed by atoms with Crippen molar-refractivity contribution in [1.82, 2.24) is 14.8 Å². The van der Waals surface area contributed by atoms with Crippen LogP contribution in [0.1, 0.15) is 11.1 Å². The summed E-state index contributed by atoms with van der Waals surface area (Å²) in [6, 6.07) is 21.2. The van der Waals surface area contributed by atoms with Crippen molar-refractivity contribution in [3.05, 3.63) is 102 Å². The lowest BCUT2D eigenvalue weighted by atomic mass is 10.0. The Labute approximate surface area is 191 Å². The number of carbonyl (C=O) groups is 2. The van der Waals surface area contributed by atoms with E-state index in [4.69, 9.17) is 0 Å². The summed E-state index contributed by atoms with van der Waals surface area (Å²) in [6.07, 6.45) is 1.76. The molecule has 3 heterocycles. The van der Waals surface area contributed by atoms with Crippen LogP contribution < -0.4 is 4.90 Å². The van der Waals surface area contributed by atoms with Crippen LogP contribution in [-0.4, -0.2) is 52.8 Å². The number of anilines is 1. The zero-order chi connectivity index (χ0) is 22.8. The van der Waals surface area contributed by atoms with Crippen LogP contribution in [0.3, 0.4) is 0 Å². The van der Waals surface area contributed by atoms with Crippen LogP contribution in [0.15, 0.2) is 84.7 Å². The van der Waals surface area contributed by atoms with Gasteiger partial charge in [0.1, 0.15) is 17.3 Å². The van der Waals surface area contributed by atoms with Crippen LogP contribution in [0.25, 0.3) is 5.57 Å². The van der Waals surface area contributed by atoms with E-state index in [2.05, 4.69) is 9.88 Å². The van der Waals surface area contributed by atoms with Crippen molar-refractivity contribution in [2.45, 2.75) is 6.54 Å². The molecule has 0 bridgehead atoms. The Morgan fingerprint density at radius 2 is 1.42 bits per heavy atom. The molecule has 0 atom stereocenters. The number of aromatic nitrogens is 1. The molecule has 0 aliphatic carbocycles. The molecule has 3 aromatic rings. The van der Waals surface area contributed by atoms with Crippen molar-refractivity contribution in [3.63, 3.8) is 0 Å². The number of amides is 2. The highest BCUT2D eigenvalue weighted by Gasteiger charge is 2.42. The van der Waals surface area contributed by atoms with Crippen LogP contribution in [0.4, 0.5) is 10.2 Å². The van der Waals surface area contributed by atoms with Crippen molar-refractivity contribution in [2.24, 2.45) is 0 Å². The number of hydrogen-bond acceptors (Lipinski definition) is 5. The second-order valence-electron chi connectivity index (χ2n) is 8.04. The SMILES string of the molecule is O=C1C(c2ccccc2)=C(N2CCN(c3ccccn3)CC2)C(=O)N1Cc1ccccc1F. The first kappa shape index (κ1) is 20.9. The molecule has 0 unspecified atom stereocenters. The summed E-state index contributed by atoms with van der Waals surface area (Å²) in [5.74, 6) is -0.314. The van der Waals surface area contributed by atoms with Crippen molar-refractivity contribution >= 4 is 23.2 Å². The summed E-state index contributed by atoms with van der Waals surface area (Å²) in [5.41, 5.74) is 1.77. The molecular formula is C26H23FN4O2. The van der Waals surface area contributed by atoms with Crippen LogP contribution in [0.2, 0.25) is 0 Å². The zero-order valence-corrected chi connectivity index (χ0v) is 18.0. The van der Waals surface area contributed by atoms with Gasteiger partial charge in [0.2, 0.25) is 0 Å². The summed E-state index contributed by atoms with van der Waals surface area (Å²) in [6.45, 7) is 2.41. The predicted molar refractivity (Wildman–Crippen MR) is 123 cm³/mol. The molecule has 0 radical (unpaired) electrons. The summed E-state index contributed by atoms with van der Waals surface area (Å²) >= 11 is 0. The number of pyridine rings is 1. The smallest absolute Gasteiger partial charge is 0.278 e. The first-order chi connectivity index (χ1) is 16.1. The van der Waals surface area contributed by atoms with E-state index in [1.54, 1.807) is 24.4 Å². The highest BCUT2D eigenvalue weighted by atomic mass is 19.1. The second kappa shape index (κ2) is 8.86. The Morgan fingerprint density at radius 1 is 0.758 bits per heavy atom. The highest BCUT2D eigenvalue weighted by molar-refractivity contribution is 6.35. The molecule has 166 valence electrons. The number of hydrogen-bond donors (Lipinski definition) is 0. The normalized spacial score (nSPS) is 16.7. The largest absolute Gasteiger partial charge is 0.363 e. The maximum atomic E-state index is 14.3. The van der Waals surface area contributed by atoms with E-state index in [0.717, 1.165) is 10.7 Å². The van der Waals surface area contributed by atoms with Gasteiger partial charge in [-0.25, -0.2) is 9.37 Å². The first-order valence-corrected chi connectivity index (χ1v) is 10.9. The van der Waals surface area contributed by atoms with Crippen molar-refractivity contribution in [2.75, 3.05) is 31.1 Å². The lowest BCUT2D eigenvalue weighted by Crippen LogP contribution is -2.47. The minimum Gasteiger partial charge on any atom is -0.363 e. The summed E-state index contributed by atoms with van der Waals surface area (Å²) in [5, 5.41) is 0. The van der Waals surface area contributed by atoms with E-state index in [0.29, 0.717) is 48.6 Å². The maximum Gasteiger partial charge on any atom is 0.278 e. The van der Waals surface area contributed by atoms with Crippen LogP contribution >= 0.6 is 0 Å². The Morgan fingerprint density at radius 3 is 2.12 bits per heavy atom. The summed E-state index contributed by atoms with van der Waals surface area (Å²) in [4.78, 5) is 36.7. The zero-order valence-electron chi connectivity index (χ0n) is 18.0. The molecule has 1 aromatic heterocycles. The highest BCUT2D eigenvalue weighted by Crippen LogP contribution is 2.33. The van der Waals surface area contributed by atoms with Crippen molar-refractivity contribution < 1.29 is 14.0 Å². The van der Waals surface area contributed by atoms with Gasteiger partial charge in [-0.2, -0.15) is 0 Å². The molecule has 6 nitrogen and oxygen atoms in total. The van der Waals surface area contributed by atoms with Gasteiger partial charge in [-0.1, -0.05) is 54.6 Å². The second-order valence-corrected chi connectivity index (χ2v) is 8.04. The van der Waals surface area contributed by atoms with E-state index < -0.39 is 11.7 Å². The maximum absolute atomic E-state index is 14.3. The first-order valence-electron chi connectivity index (χ1n) is 10.9. The molecule has 0 N–H and O–H groups in total. The fourth-order valence-corrected chi connectivity index (χ4v) is 4.36. The predicted octanol–water partition coefficient (Wildman–Crippen LogP) is 3.32. The van der Waals surface area contributed by atoms with Crippen LogP contribution in [-0.2, 0) is 16.1 Å². The Balaban J connectivity index is 1.45. The molecule has 1 fully saturated rings. The Bertz CT molecular complexity index is 1210. The third kappa shape index (κ3) is 3.98. The van der Waals surface area contributed by atoms with Gasteiger partial charge in [-0.3, -0.25) is 14.5 Å². The minimum absolute atomic E-state index is 0.0991. The average Bonchev–Trinajstić information content (AvgIpc) is 3.11. The summed E-state index contributed by atoms with van der Waals surface area (Å²) < 4.78 is 14.3. The molecule has 2 aromatic carbocycles. The average molecular weight is 442 g/mol. The molecule has 2 aliphatic rings. The fraction of sp³-hybridized carbons (Fsp3) is 0.192.